The molecule has 19 heavy (non-hydrogen) atoms. The third kappa shape index (κ3) is 2.81. The summed E-state index contributed by atoms with van der Waals surface area (Å²) in [7, 11) is 0. The Kier molecular flexibility index (Phi) is 3.27. The molecule has 1 atom stereocenters. The predicted molar refractivity (Wildman–Crippen MR) is 75.8 cm³/mol. The zero-order valence-electron chi connectivity index (χ0n) is 10.9. The number of ether oxygens (including phenoxy) is 2. The molecule has 98 valence electrons. The average molecular weight is 255 g/mol. The number of anilines is 1. The number of hydrogen-bond donors (Lipinski definition) is 1. The highest BCUT2D eigenvalue weighted by atomic mass is 16.7. The van der Waals surface area contributed by atoms with Gasteiger partial charge in [-0.3, -0.25) is 0 Å². The van der Waals surface area contributed by atoms with Crippen LogP contribution < -0.4 is 14.8 Å². The first-order valence-electron chi connectivity index (χ1n) is 6.51. The summed E-state index contributed by atoms with van der Waals surface area (Å²) in [6.45, 7) is 2.50. The van der Waals surface area contributed by atoms with Gasteiger partial charge in [0.15, 0.2) is 11.5 Å². The van der Waals surface area contributed by atoms with Gasteiger partial charge in [-0.2, -0.15) is 0 Å². The lowest BCUT2D eigenvalue weighted by molar-refractivity contribution is 0.174. The molecule has 3 rings (SSSR count). The number of benzene rings is 2. The van der Waals surface area contributed by atoms with Gasteiger partial charge in [0.2, 0.25) is 6.79 Å². The van der Waals surface area contributed by atoms with E-state index in [2.05, 4.69) is 36.5 Å². The highest BCUT2D eigenvalue weighted by Crippen LogP contribution is 2.34. The van der Waals surface area contributed by atoms with Gasteiger partial charge in [-0.1, -0.05) is 30.3 Å². The van der Waals surface area contributed by atoms with E-state index in [1.165, 1.54) is 5.56 Å². The van der Waals surface area contributed by atoms with Crippen LogP contribution in [0.25, 0.3) is 0 Å². The van der Waals surface area contributed by atoms with E-state index in [0.29, 0.717) is 12.8 Å². The molecule has 0 amide bonds. The zero-order chi connectivity index (χ0) is 13.1. The maximum absolute atomic E-state index is 5.38. The minimum absolute atomic E-state index is 0.318. The van der Waals surface area contributed by atoms with Crippen molar-refractivity contribution in [1.29, 1.82) is 0 Å². The molecule has 1 aliphatic heterocycles. The van der Waals surface area contributed by atoms with Crippen molar-refractivity contribution in [1.82, 2.24) is 0 Å². The topological polar surface area (TPSA) is 30.5 Å². The van der Waals surface area contributed by atoms with Gasteiger partial charge in [-0.05, 0) is 31.0 Å². The fourth-order valence-corrected chi connectivity index (χ4v) is 2.29. The Hall–Kier alpha value is -2.16. The minimum atomic E-state index is 0.318. The van der Waals surface area contributed by atoms with Crippen LogP contribution in [0.5, 0.6) is 11.5 Å². The molecule has 2 aromatic rings. The smallest absolute Gasteiger partial charge is 0.231 e. The van der Waals surface area contributed by atoms with Gasteiger partial charge in [0.05, 0.1) is 0 Å². The zero-order valence-corrected chi connectivity index (χ0v) is 10.9. The molecule has 0 radical (unpaired) electrons. The van der Waals surface area contributed by atoms with E-state index in [1.54, 1.807) is 0 Å². The van der Waals surface area contributed by atoms with Crippen molar-refractivity contribution in [3.63, 3.8) is 0 Å². The summed E-state index contributed by atoms with van der Waals surface area (Å²) in [5.41, 5.74) is 2.40. The van der Waals surface area contributed by atoms with Crippen molar-refractivity contribution in [3.8, 4) is 11.5 Å². The van der Waals surface area contributed by atoms with E-state index in [-0.39, 0.29) is 0 Å². The van der Waals surface area contributed by atoms with Gasteiger partial charge in [0.25, 0.3) is 0 Å². The first-order valence-corrected chi connectivity index (χ1v) is 6.51. The third-order valence-electron chi connectivity index (χ3n) is 3.17. The molecule has 0 saturated carbocycles. The molecule has 0 aliphatic carbocycles. The molecule has 1 heterocycles. The molecule has 0 bridgehead atoms. The Balaban J connectivity index is 1.65. The number of rotatable bonds is 4. The molecule has 3 nitrogen and oxygen atoms in total. The second-order valence-electron chi connectivity index (χ2n) is 4.80. The van der Waals surface area contributed by atoms with Crippen molar-refractivity contribution < 1.29 is 9.47 Å². The summed E-state index contributed by atoms with van der Waals surface area (Å²) in [5.74, 6) is 1.64. The van der Waals surface area contributed by atoms with Gasteiger partial charge < -0.3 is 14.8 Å². The summed E-state index contributed by atoms with van der Waals surface area (Å²) in [5, 5.41) is 3.48. The summed E-state index contributed by atoms with van der Waals surface area (Å²) in [6.07, 6.45) is 0.995. The van der Waals surface area contributed by atoms with Crippen molar-refractivity contribution in [2.24, 2.45) is 0 Å². The molecule has 3 heteroatoms. The fraction of sp³-hybridized carbons (Fsp3) is 0.250. The Morgan fingerprint density at radius 3 is 2.68 bits per heavy atom. The molecule has 0 aromatic heterocycles. The number of fused-ring (bicyclic) bond motifs is 1. The van der Waals surface area contributed by atoms with Crippen LogP contribution in [0.2, 0.25) is 0 Å². The van der Waals surface area contributed by atoms with E-state index in [0.717, 1.165) is 23.6 Å². The van der Waals surface area contributed by atoms with E-state index in [9.17, 15) is 0 Å². The third-order valence-corrected chi connectivity index (χ3v) is 3.17. The van der Waals surface area contributed by atoms with E-state index >= 15 is 0 Å². The summed E-state index contributed by atoms with van der Waals surface area (Å²) >= 11 is 0. The van der Waals surface area contributed by atoms with E-state index < -0.39 is 0 Å². The largest absolute Gasteiger partial charge is 0.454 e. The Morgan fingerprint density at radius 1 is 1.05 bits per heavy atom. The standard InChI is InChI=1S/C16H17NO2/c1-12(9-13-5-3-2-4-6-13)17-14-7-8-15-16(10-14)19-11-18-15/h2-8,10,12,17H,9,11H2,1H3. The van der Waals surface area contributed by atoms with Crippen LogP contribution in [0.3, 0.4) is 0 Å². The van der Waals surface area contributed by atoms with Crippen LogP contribution >= 0.6 is 0 Å². The molecule has 1 N–H and O–H groups in total. The number of nitrogens with one attached hydrogen (secondary N) is 1. The van der Waals surface area contributed by atoms with Crippen LogP contribution in [0.4, 0.5) is 5.69 Å². The monoisotopic (exact) mass is 255 g/mol. The minimum Gasteiger partial charge on any atom is -0.454 e. The van der Waals surface area contributed by atoms with Crippen LogP contribution in [0.15, 0.2) is 48.5 Å². The Labute approximate surface area is 113 Å². The Morgan fingerprint density at radius 2 is 1.84 bits per heavy atom. The SMILES string of the molecule is CC(Cc1ccccc1)Nc1ccc2c(c1)OCO2. The first-order chi connectivity index (χ1) is 9.31. The summed E-state index contributed by atoms with van der Waals surface area (Å²) < 4.78 is 10.7. The Bertz CT molecular complexity index is 554. The normalized spacial score (nSPS) is 14.2. The maximum Gasteiger partial charge on any atom is 0.231 e. The quantitative estimate of drug-likeness (QED) is 0.907. The molecular formula is C16H17NO2. The van der Waals surface area contributed by atoms with Crippen molar-refractivity contribution in [3.05, 3.63) is 54.1 Å². The van der Waals surface area contributed by atoms with E-state index in [4.69, 9.17) is 9.47 Å². The van der Waals surface area contributed by atoms with Crippen LogP contribution in [-0.4, -0.2) is 12.8 Å². The highest BCUT2D eigenvalue weighted by Gasteiger charge is 2.13. The van der Waals surface area contributed by atoms with Crippen LogP contribution in [-0.2, 0) is 6.42 Å². The molecule has 0 fully saturated rings. The fourth-order valence-electron chi connectivity index (χ4n) is 2.29. The van der Waals surface area contributed by atoms with Crippen LogP contribution in [0.1, 0.15) is 12.5 Å². The molecule has 2 aromatic carbocycles. The molecule has 1 unspecified atom stereocenters. The van der Waals surface area contributed by atoms with Crippen molar-refractivity contribution in [2.45, 2.75) is 19.4 Å². The van der Waals surface area contributed by atoms with Crippen molar-refractivity contribution in [2.75, 3.05) is 12.1 Å². The van der Waals surface area contributed by atoms with Gasteiger partial charge in [0.1, 0.15) is 0 Å². The van der Waals surface area contributed by atoms with Gasteiger partial charge in [0, 0.05) is 17.8 Å². The lowest BCUT2D eigenvalue weighted by Crippen LogP contribution is -2.17. The lowest BCUT2D eigenvalue weighted by Gasteiger charge is -2.15. The summed E-state index contributed by atoms with van der Waals surface area (Å²) in [6, 6.07) is 16.8. The second-order valence-corrected chi connectivity index (χ2v) is 4.80. The molecule has 1 aliphatic rings. The van der Waals surface area contributed by atoms with Crippen LogP contribution in [0, 0.1) is 0 Å². The molecule has 0 spiro atoms. The number of hydrogen-bond acceptors (Lipinski definition) is 3. The lowest BCUT2D eigenvalue weighted by atomic mass is 10.1. The predicted octanol–water partition coefficient (Wildman–Crippen LogP) is 3.46. The van der Waals surface area contributed by atoms with E-state index in [1.807, 2.05) is 24.3 Å². The maximum atomic E-state index is 5.38. The molecular weight excluding hydrogens is 238 g/mol. The summed E-state index contributed by atoms with van der Waals surface area (Å²) in [4.78, 5) is 0. The molecule has 0 saturated heterocycles. The average Bonchev–Trinajstić information content (AvgIpc) is 2.87. The van der Waals surface area contributed by atoms with Crippen molar-refractivity contribution >= 4 is 5.69 Å². The van der Waals surface area contributed by atoms with Gasteiger partial charge >= 0.3 is 0 Å². The second kappa shape index (κ2) is 5.22. The first kappa shape index (κ1) is 11.9. The van der Waals surface area contributed by atoms with Gasteiger partial charge in [-0.15, -0.1) is 0 Å². The van der Waals surface area contributed by atoms with Gasteiger partial charge in [-0.25, -0.2) is 0 Å². The highest BCUT2D eigenvalue weighted by molar-refractivity contribution is 5.56.